The van der Waals surface area contributed by atoms with Gasteiger partial charge in [0.2, 0.25) is 0 Å². The van der Waals surface area contributed by atoms with Crippen molar-refractivity contribution in [2.24, 2.45) is 16.8 Å². The fourth-order valence-corrected chi connectivity index (χ4v) is 3.98. The molecule has 2 aliphatic heterocycles. The van der Waals surface area contributed by atoms with E-state index in [4.69, 9.17) is 20.0 Å². The maximum atomic E-state index is 11.0. The van der Waals surface area contributed by atoms with Crippen LogP contribution in [0.3, 0.4) is 0 Å². The Bertz CT molecular complexity index is 942. The molecule has 0 saturated carbocycles. The molecule has 0 spiro atoms. The van der Waals surface area contributed by atoms with E-state index < -0.39 is 5.91 Å². The third-order valence-corrected chi connectivity index (χ3v) is 5.41. The summed E-state index contributed by atoms with van der Waals surface area (Å²) < 4.78 is 11.2. The predicted molar refractivity (Wildman–Crippen MR) is 114 cm³/mol. The third kappa shape index (κ3) is 4.41. The number of benzene rings is 2. The average Bonchev–Trinajstić information content (AvgIpc) is 3.28. The molecule has 2 aliphatic rings. The molecule has 1 saturated heterocycles. The molecule has 158 valence electrons. The molecule has 2 aromatic rings. The van der Waals surface area contributed by atoms with Crippen LogP contribution in [0.15, 0.2) is 47.6 Å². The Morgan fingerprint density at radius 2 is 1.97 bits per heavy atom. The van der Waals surface area contributed by atoms with Crippen LogP contribution in [0.5, 0.6) is 11.5 Å². The fraction of sp³-hybridized carbons (Fsp3) is 0.391. The lowest BCUT2D eigenvalue weighted by Gasteiger charge is -2.18. The summed E-state index contributed by atoms with van der Waals surface area (Å²) >= 11 is 0. The second-order valence-corrected chi connectivity index (χ2v) is 7.76. The number of primary amides is 1. The number of ether oxygens (including phenoxy) is 2. The van der Waals surface area contributed by atoms with Gasteiger partial charge in [0, 0.05) is 19.6 Å². The maximum Gasteiger partial charge on any atom is 0.255 e. The van der Waals surface area contributed by atoms with E-state index in [1.165, 1.54) is 5.56 Å². The van der Waals surface area contributed by atoms with Crippen LogP contribution in [0.1, 0.15) is 23.6 Å². The van der Waals surface area contributed by atoms with Gasteiger partial charge in [0.15, 0.2) is 18.1 Å². The first-order chi connectivity index (χ1) is 14.5. The highest BCUT2D eigenvalue weighted by molar-refractivity contribution is 6.03. The molecule has 2 N–H and O–H groups in total. The van der Waals surface area contributed by atoms with Gasteiger partial charge in [0.25, 0.3) is 5.91 Å². The molecule has 2 atom stereocenters. The molecule has 2 heterocycles. The largest absolute Gasteiger partial charge is 0.490 e. The van der Waals surface area contributed by atoms with Crippen molar-refractivity contribution in [1.82, 2.24) is 4.90 Å². The SMILES string of the molecule is CCOc1cc(CN2C[C@@H]3ON=C(c4ccc(C)cc4)[C@@H]3C2)ccc1OCC(N)=O. The number of carbonyl (C=O) groups excluding carboxylic acids is 1. The number of likely N-dealkylation sites (tertiary alicyclic amines) is 1. The minimum absolute atomic E-state index is 0.0887. The number of hydrogen-bond donors (Lipinski definition) is 1. The molecule has 1 fully saturated rings. The van der Waals surface area contributed by atoms with Crippen molar-refractivity contribution >= 4 is 11.6 Å². The molecule has 7 nitrogen and oxygen atoms in total. The summed E-state index contributed by atoms with van der Waals surface area (Å²) in [6.45, 7) is 6.82. The molecule has 7 heteroatoms. The highest BCUT2D eigenvalue weighted by Crippen LogP contribution is 2.33. The van der Waals surface area contributed by atoms with E-state index in [9.17, 15) is 4.79 Å². The van der Waals surface area contributed by atoms with Gasteiger partial charge in [-0.15, -0.1) is 0 Å². The number of aryl methyl sites for hydroxylation is 1. The summed E-state index contributed by atoms with van der Waals surface area (Å²) in [5.74, 6) is 0.900. The van der Waals surface area contributed by atoms with Gasteiger partial charge in [0.05, 0.1) is 18.2 Å². The van der Waals surface area contributed by atoms with Crippen LogP contribution in [0.4, 0.5) is 0 Å². The van der Waals surface area contributed by atoms with E-state index in [2.05, 4.69) is 41.2 Å². The lowest BCUT2D eigenvalue weighted by Crippen LogP contribution is -2.23. The number of fused-ring (bicyclic) bond motifs is 1. The number of amides is 1. The van der Waals surface area contributed by atoms with E-state index >= 15 is 0 Å². The average molecular weight is 409 g/mol. The number of rotatable bonds is 8. The van der Waals surface area contributed by atoms with Crippen molar-refractivity contribution in [3.8, 4) is 11.5 Å². The van der Waals surface area contributed by atoms with Gasteiger partial charge < -0.3 is 20.0 Å². The van der Waals surface area contributed by atoms with Crippen molar-refractivity contribution in [1.29, 1.82) is 0 Å². The second-order valence-electron chi connectivity index (χ2n) is 7.76. The van der Waals surface area contributed by atoms with Gasteiger partial charge in [0.1, 0.15) is 6.10 Å². The van der Waals surface area contributed by atoms with Crippen LogP contribution in [0.2, 0.25) is 0 Å². The van der Waals surface area contributed by atoms with Crippen LogP contribution >= 0.6 is 0 Å². The zero-order chi connectivity index (χ0) is 21.1. The molecule has 0 radical (unpaired) electrons. The van der Waals surface area contributed by atoms with Crippen molar-refractivity contribution < 1.29 is 19.1 Å². The smallest absolute Gasteiger partial charge is 0.255 e. The normalized spacial score (nSPS) is 20.4. The Labute approximate surface area is 176 Å². The van der Waals surface area contributed by atoms with Crippen molar-refractivity contribution in [3.05, 3.63) is 59.2 Å². The van der Waals surface area contributed by atoms with Crippen LogP contribution in [0.25, 0.3) is 0 Å². The predicted octanol–water partition coefficient (Wildman–Crippen LogP) is 2.49. The molecular weight excluding hydrogens is 382 g/mol. The molecule has 30 heavy (non-hydrogen) atoms. The van der Waals surface area contributed by atoms with E-state index in [-0.39, 0.29) is 18.6 Å². The summed E-state index contributed by atoms with van der Waals surface area (Å²) in [7, 11) is 0. The van der Waals surface area contributed by atoms with E-state index in [1.807, 2.05) is 25.1 Å². The highest BCUT2D eigenvalue weighted by Gasteiger charge is 2.42. The Kier molecular flexibility index (Phi) is 5.90. The molecule has 1 amide bonds. The molecule has 0 aromatic heterocycles. The zero-order valence-corrected chi connectivity index (χ0v) is 17.3. The molecule has 0 unspecified atom stereocenters. The maximum absolute atomic E-state index is 11.0. The van der Waals surface area contributed by atoms with Gasteiger partial charge in [-0.1, -0.05) is 41.1 Å². The summed E-state index contributed by atoms with van der Waals surface area (Å²) in [5.41, 5.74) is 9.68. The van der Waals surface area contributed by atoms with E-state index in [0.717, 1.165) is 36.5 Å². The van der Waals surface area contributed by atoms with Gasteiger partial charge in [-0.2, -0.15) is 0 Å². The Morgan fingerprint density at radius 1 is 1.17 bits per heavy atom. The van der Waals surface area contributed by atoms with Gasteiger partial charge in [-0.3, -0.25) is 9.69 Å². The second kappa shape index (κ2) is 8.75. The van der Waals surface area contributed by atoms with Crippen molar-refractivity contribution in [2.45, 2.75) is 26.5 Å². The highest BCUT2D eigenvalue weighted by atomic mass is 16.6. The summed E-state index contributed by atoms with van der Waals surface area (Å²) in [4.78, 5) is 19.1. The first-order valence-corrected chi connectivity index (χ1v) is 10.2. The first-order valence-electron chi connectivity index (χ1n) is 10.2. The van der Waals surface area contributed by atoms with Gasteiger partial charge in [-0.05, 0) is 37.1 Å². The minimum Gasteiger partial charge on any atom is -0.490 e. The van der Waals surface area contributed by atoms with Gasteiger partial charge >= 0.3 is 0 Å². The number of nitrogens with two attached hydrogens (primary N) is 1. The lowest BCUT2D eigenvalue weighted by molar-refractivity contribution is -0.119. The summed E-state index contributed by atoms with van der Waals surface area (Å²) in [6.07, 6.45) is 0.0887. The monoisotopic (exact) mass is 409 g/mol. The summed E-state index contributed by atoms with van der Waals surface area (Å²) in [6, 6.07) is 14.2. The van der Waals surface area contributed by atoms with Crippen LogP contribution in [-0.2, 0) is 16.2 Å². The van der Waals surface area contributed by atoms with Crippen molar-refractivity contribution in [2.75, 3.05) is 26.3 Å². The fourth-order valence-electron chi connectivity index (χ4n) is 3.98. The quantitative estimate of drug-likeness (QED) is 0.724. The van der Waals surface area contributed by atoms with E-state index in [0.29, 0.717) is 18.1 Å². The zero-order valence-electron chi connectivity index (χ0n) is 17.3. The molecule has 4 rings (SSSR count). The van der Waals surface area contributed by atoms with Gasteiger partial charge in [-0.25, -0.2) is 0 Å². The number of oxime groups is 1. The van der Waals surface area contributed by atoms with Crippen LogP contribution < -0.4 is 15.2 Å². The third-order valence-electron chi connectivity index (χ3n) is 5.41. The standard InChI is InChI=1S/C23H27N3O4/c1-3-28-20-10-16(6-9-19(20)29-14-22(24)27)11-26-12-18-21(13-26)30-25-23(18)17-7-4-15(2)5-8-17/h4-10,18,21H,3,11-14H2,1-2H3,(H2,24,27)/t18-,21+/m1/s1. The molecule has 2 aromatic carbocycles. The minimum atomic E-state index is -0.517. The molecular formula is C23H27N3O4. The van der Waals surface area contributed by atoms with Crippen LogP contribution in [0, 0.1) is 12.8 Å². The topological polar surface area (TPSA) is 86.4 Å². The Hall–Kier alpha value is -3.06. The van der Waals surface area contributed by atoms with Crippen molar-refractivity contribution in [3.63, 3.8) is 0 Å². The molecule has 0 aliphatic carbocycles. The first kappa shape index (κ1) is 20.2. The summed E-state index contributed by atoms with van der Waals surface area (Å²) in [5, 5.41) is 4.36. The number of hydrogen-bond acceptors (Lipinski definition) is 6. The van der Waals surface area contributed by atoms with E-state index in [1.54, 1.807) is 0 Å². The Balaban J connectivity index is 1.43. The Morgan fingerprint density at radius 3 is 2.70 bits per heavy atom. The number of carbonyl (C=O) groups is 1. The van der Waals surface area contributed by atoms with Crippen LogP contribution in [-0.4, -0.2) is 48.9 Å². The lowest BCUT2D eigenvalue weighted by atomic mass is 9.94. The molecule has 0 bridgehead atoms. The number of nitrogens with zero attached hydrogens (tertiary/aromatic N) is 2.